The van der Waals surface area contributed by atoms with Crippen molar-refractivity contribution in [3.8, 4) is 22.5 Å². The van der Waals surface area contributed by atoms with Crippen LogP contribution in [0.15, 0.2) is 58.3 Å². The van der Waals surface area contributed by atoms with Gasteiger partial charge in [0.15, 0.2) is 0 Å². The standard InChI is InChI=1S/C20H17FN4O2/c1-12-5-4-6-16-22-15(11-25(12)16)17-18(13-7-9-14(21)10-8-13)23(2)20(27)24(3)19(17)26/h4-11H,1-3H3. The molecule has 4 aromatic rings. The normalized spacial score (nSPS) is 11.3. The lowest BCUT2D eigenvalue weighted by Gasteiger charge is -2.14. The first-order valence-electron chi connectivity index (χ1n) is 8.39. The van der Waals surface area contributed by atoms with Crippen molar-refractivity contribution < 1.29 is 4.39 Å². The Bertz CT molecular complexity index is 1300. The van der Waals surface area contributed by atoms with Crippen LogP contribution >= 0.6 is 0 Å². The number of hydrogen-bond acceptors (Lipinski definition) is 3. The summed E-state index contributed by atoms with van der Waals surface area (Å²) in [4.78, 5) is 30.1. The third-order valence-electron chi connectivity index (χ3n) is 4.73. The number of rotatable bonds is 2. The number of halogens is 1. The van der Waals surface area contributed by atoms with Gasteiger partial charge in [0.25, 0.3) is 5.56 Å². The third kappa shape index (κ3) is 2.59. The predicted octanol–water partition coefficient (Wildman–Crippen LogP) is 2.51. The van der Waals surface area contributed by atoms with E-state index in [9.17, 15) is 14.0 Å². The molecule has 0 fully saturated rings. The van der Waals surface area contributed by atoms with E-state index in [0.717, 1.165) is 10.3 Å². The van der Waals surface area contributed by atoms with Crippen molar-refractivity contribution >= 4 is 5.65 Å². The number of aryl methyl sites for hydroxylation is 1. The van der Waals surface area contributed by atoms with Crippen molar-refractivity contribution in [2.75, 3.05) is 0 Å². The Balaban J connectivity index is 2.12. The van der Waals surface area contributed by atoms with Crippen molar-refractivity contribution in [1.82, 2.24) is 18.5 Å². The lowest BCUT2D eigenvalue weighted by atomic mass is 10.0. The van der Waals surface area contributed by atoms with Crippen LogP contribution in [0.3, 0.4) is 0 Å². The molecule has 3 aromatic heterocycles. The van der Waals surface area contributed by atoms with Crippen molar-refractivity contribution in [2.24, 2.45) is 14.1 Å². The fourth-order valence-corrected chi connectivity index (χ4v) is 3.29. The number of hydrogen-bond donors (Lipinski definition) is 0. The summed E-state index contributed by atoms with van der Waals surface area (Å²) >= 11 is 0. The Morgan fingerprint density at radius 2 is 1.67 bits per heavy atom. The van der Waals surface area contributed by atoms with Crippen LogP contribution in [0.4, 0.5) is 4.39 Å². The minimum Gasteiger partial charge on any atom is -0.304 e. The van der Waals surface area contributed by atoms with E-state index in [1.165, 1.54) is 23.7 Å². The van der Waals surface area contributed by atoms with E-state index in [2.05, 4.69) is 4.98 Å². The lowest BCUT2D eigenvalue weighted by molar-refractivity contribution is 0.628. The van der Waals surface area contributed by atoms with Gasteiger partial charge in [-0.1, -0.05) is 6.07 Å². The van der Waals surface area contributed by atoms with Crippen molar-refractivity contribution in [2.45, 2.75) is 6.92 Å². The molecule has 1 aromatic carbocycles. The monoisotopic (exact) mass is 364 g/mol. The van der Waals surface area contributed by atoms with Gasteiger partial charge in [-0.25, -0.2) is 14.2 Å². The summed E-state index contributed by atoms with van der Waals surface area (Å²) < 4.78 is 17.7. The average Bonchev–Trinajstić information content (AvgIpc) is 3.09. The molecule has 7 heteroatoms. The maximum Gasteiger partial charge on any atom is 0.330 e. The van der Waals surface area contributed by atoms with Gasteiger partial charge >= 0.3 is 5.69 Å². The minimum absolute atomic E-state index is 0.300. The van der Waals surface area contributed by atoms with E-state index in [4.69, 9.17) is 0 Å². The summed E-state index contributed by atoms with van der Waals surface area (Å²) in [6.45, 7) is 1.94. The van der Waals surface area contributed by atoms with Gasteiger partial charge in [-0.05, 0) is 48.9 Å². The number of imidazole rings is 1. The highest BCUT2D eigenvalue weighted by molar-refractivity contribution is 5.79. The Morgan fingerprint density at radius 3 is 2.33 bits per heavy atom. The fourth-order valence-electron chi connectivity index (χ4n) is 3.29. The zero-order chi connectivity index (χ0) is 19.3. The molecular weight excluding hydrogens is 347 g/mol. The molecular formula is C20H17FN4O2. The van der Waals surface area contributed by atoms with Crippen LogP contribution in [-0.4, -0.2) is 18.5 Å². The first kappa shape index (κ1) is 17.0. The van der Waals surface area contributed by atoms with Crippen molar-refractivity contribution in [3.05, 3.63) is 81.0 Å². The molecule has 0 aliphatic heterocycles. The largest absolute Gasteiger partial charge is 0.330 e. The molecule has 0 aliphatic rings. The lowest BCUT2D eigenvalue weighted by Crippen LogP contribution is -2.38. The molecule has 6 nitrogen and oxygen atoms in total. The van der Waals surface area contributed by atoms with Crippen LogP contribution in [-0.2, 0) is 14.1 Å². The zero-order valence-electron chi connectivity index (χ0n) is 15.1. The number of benzene rings is 1. The molecule has 0 saturated carbocycles. The van der Waals surface area contributed by atoms with Crippen LogP contribution in [0, 0.1) is 12.7 Å². The zero-order valence-corrected chi connectivity index (χ0v) is 15.1. The van der Waals surface area contributed by atoms with Gasteiger partial charge in [0.05, 0.1) is 17.0 Å². The Kier molecular flexibility index (Phi) is 3.80. The second-order valence-electron chi connectivity index (χ2n) is 6.46. The van der Waals surface area contributed by atoms with E-state index in [-0.39, 0.29) is 0 Å². The predicted molar refractivity (Wildman–Crippen MR) is 101 cm³/mol. The second kappa shape index (κ2) is 6.05. The SMILES string of the molecule is Cc1cccc2nc(-c3c(-c4ccc(F)cc4)n(C)c(=O)n(C)c3=O)cn12. The van der Waals surface area contributed by atoms with E-state index >= 15 is 0 Å². The van der Waals surface area contributed by atoms with Crippen LogP contribution < -0.4 is 11.2 Å². The quantitative estimate of drug-likeness (QED) is 0.549. The smallest absolute Gasteiger partial charge is 0.304 e. The molecule has 0 spiro atoms. The van der Waals surface area contributed by atoms with Crippen LogP contribution in [0.1, 0.15) is 5.69 Å². The summed E-state index contributed by atoms with van der Waals surface area (Å²) in [6.07, 6.45) is 1.78. The Morgan fingerprint density at radius 1 is 0.963 bits per heavy atom. The summed E-state index contributed by atoms with van der Waals surface area (Å²) in [5.74, 6) is -0.391. The van der Waals surface area contributed by atoms with Gasteiger partial charge in [-0.3, -0.25) is 13.9 Å². The van der Waals surface area contributed by atoms with Gasteiger partial charge in [0.2, 0.25) is 0 Å². The van der Waals surface area contributed by atoms with E-state index in [1.807, 2.05) is 29.5 Å². The van der Waals surface area contributed by atoms with E-state index < -0.39 is 17.1 Å². The average molecular weight is 364 g/mol. The van der Waals surface area contributed by atoms with Gasteiger partial charge in [0, 0.05) is 26.0 Å². The molecule has 0 radical (unpaired) electrons. The molecule has 0 unspecified atom stereocenters. The second-order valence-corrected chi connectivity index (χ2v) is 6.46. The fraction of sp³-hybridized carbons (Fsp3) is 0.150. The van der Waals surface area contributed by atoms with Crippen molar-refractivity contribution in [1.29, 1.82) is 0 Å². The molecule has 0 atom stereocenters. The third-order valence-corrected chi connectivity index (χ3v) is 4.73. The Hall–Kier alpha value is -3.48. The highest BCUT2D eigenvalue weighted by Crippen LogP contribution is 2.28. The molecule has 0 N–H and O–H groups in total. The molecule has 27 heavy (non-hydrogen) atoms. The molecule has 4 rings (SSSR count). The molecule has 0 aliphatic carbocycles. The number of aromatic nitrogens is 4. The maximum absolute atomic E-state index is 13.4. The summed E-state index contributed by atoms with van der Waals surface area (Å²) in [6, 6.07) is 11.4. The van der Waals surface area contributed by atoms with E-state index in [1.54, 1.807) is 25.4 Å². The van der Waals surface area contributed by atoms with Crippen LogP contribution in [0.5, 0.6) is 0 Å². The van der Waals surface area contributed by atoms with Crippen LogP contribution in [0.2, 0.25) is 0 Å². The number of pyridine rings is 1. The van der Waals surface area contributed by atoms with Crippen LogP contribution in [0.25, 0.3) is 28.2 Å². The van der Waals surface area contributed by atoms with Crippen molar-refractivity contribution in [3.63, 3.8) is 0 Å². The highest BCUT2D eigenvalue weighted by atomic mass is 19.1. The topological polar surface area (TPSA) is 61.3 Å². The molecule has 3 heterocycles. The molecule has 0 amide bonds. The van der Waals surface area contributed by atoms with Gasteiger partial charge in [-0.2, -0.15) is 0 Å². The molecule has 0 bridgehead atoms. The van der Waals surface area contributed by atoms with E-state index in [0.29, 0.717) is 28.2 Å². The van der Waals surface area contributed by atoms with Gasteiger partial charge < -0.3 is 4.40 Å². The minimum atomic E-state index is -0.456. The number of nitrogens with zero attached hydrogens (tertiary/aromatic N) is 4. The molecule has 136 valence electrons. The van der Waals surface area contributed by atoms with Gasteiger partial charge in [0.1, 0.15) is 11.5 Å². The Labute approximate surface area is 153 Å². The van der Waals surface area contributed by atoms with Gasteiger partial charge in [-0.15, -0.1) is 0 Å². The first-order valence-corrected chi connectivity index (χ1v) is 8.39. The maximum atomic E-state index is 13.4. The first-order chi connectivity index (χ1) is 12.9. The summed E-state index contributed by atoms with van der Waals surface area (Å²) in [7, 11) is 3.02. The summed E-state index contributed by atoms with van der Waals surface area (Å²) in [5, 5.41) is 0. The highest BCUT2D eigenvalue weighted by Gasteiger charge is 2.21. The summed E-state index contributed by atoms with van der Waals surface area (Å²) in [5.41, 5.74) is 2.50. The molecule has 0 saturated heterocycles. The number of fused-ring (bicyclic) bond motifs is 1.